The number of rotatable bonds is 0. The SMILES string of the molecule is CC(=O)N1c2ccccc2C2C(C#N)=CC3=C(CCN(C)C3)C21. The lowest BCUT2D eigenvalue weighted by molar-refractivity contribution is -0.116. The maximum Gasteiger partial charge on any atom is 0.224 e. The van der Waals surface area contributed by atoms with Crippen molar-refractivity contribution in [3.63, 3.8) is 0 Å². The molecule has 4 heteroatoms. The number of nitrogens with zero attached hydrogens (tertiary/aromatic N) is 3. The van der Waals surface area contributed by atoms with Gasteiger partial charge in [0.1, 0.15) is 0 Å². The van der Waals surface area contributed by atoms with Gasteiger partial charge < -0.3 is 9.80 Å². The zero-order valence-corrected chi connectivity index (χ0v) is 13.4. The summed E-state index contributed by atoms with van der Waals surface area (Å²) in [6.07, 6.45) is 3.02. The molecule has 1 aromatic carbocycles. The molecule has 0 fully saturated rings. The van der Waals surface area contributed by atoms with Gasteiger partial charge in [0.25, 0.3) is 0 Å². The molecule has 0 spiro atoms. The Morgan fingerprint density at radius 3 is 2.87 bits per heavy atom. The number of anilines is 1. The zero-order valence-electron chi connectivity index (χ0n) is 13.4. The highest BCUT2D eigenvalue weighted by Crippen LogP contribution is 2.51. The first-order valence-corrected chi connectivity index (χ1v) is 8.02. The summed E-state index contributed by atoms with van der Waals surface area (Å²) >= 11 is 0. The molecule has 4 nitrogen and oxygen atoms in total. The van der Waals surface area contributed by atoms with Gasteiger partial charge >= 0.3 is 0 Å². The summed E-state index contributed by atoms with van der Waals surface area (Å²) in [4.78, 5) is 16.6. The lowest BCUT2D eigenvalue weighted by Crippen LogP contribution is -2.44. The molecule has 0 aromatic heterocycles. The lowest BCUT2D eigenvalue weighted by Gasteiger charge is -2.38. The minimum atomic E-state index is -0.0201. The minimum absolute atomic E-state index is 0.0118. The van der Waals surface area contributed by atoms with E-state index in [2.05, 4.69) is 30.2 Å². The summed E-state index contributed by atoms with van der Waals surface area (Å²) in [5.41, 5.74) is 5.39. The van der Waals surface area contributed by atoms with Gasteiger partial charge in [0.05, 0.1) is 12.1 Å². The van der Waals surface area contributed by atoms with Crippen molar-refractivity contribution in [3.8, 4) is 6.07 Å². The lowest BCUT2D eigenvalue weighted by atomic mass is 9.76. The second kappa shape index (κ2) is 5.07. The fraction of sp³-hybridized carbons (Fsp3) is 0.368. The summed E-state index contributed by atoms with van der Waals surface area (Å²) < 4.78 is 0. The summed E-state index contributed by atoms with van der Waals surface area (Å²) in [6, 6.07) is 10.4. The summed E-state index contributed by atoms with van der Waals surface area (Å²) in [5.74, 6) is 0.0390. The average molecular weight is 305 g/mol. The van der Waals surface area contributed by atoms with Gasteiger partial charge in [0.15, 0.2) is 0 Å². The van der Waals surface area contributed by atoms with Crippen molar-refractivity contribution in [2.45, 2.75) is 25.3 Å². The molecule has 0 saturated carbocycles. The minimum Gasteiger partial charge on any atom is -0.304 e. The number of likely N-dealkylation sites (N-methyl/N-ethyl adjacent to an activating group) is 1. The van der Waals surface area contributed by atoms with Crippen molar-refractivity contribution in [1.29, 1.82) is 5.26 Å². The molecule has 1 amide bonds. The number of carbonyl (C=O) groups excluding carboxylic acids is 1. The fourth-order valence-corrected chi connectivity index (χ4v) is 4.30. The summed E-state index contributed by atoms with van der Waals surface area (Å²) in [7, 11) is 2.10. The third-order valence-electron chi connectivity index (χ3n) is 5.23. The third kappa shape index (κ3) is 1.97. The number of para-hydroxylation sites is 1. The van der Waals surface area contributed by atoms with E-state index < -0.39 is 0 Å². The van der Waals surface area contributed by atoms with E-state index in [0.717, 1.165) is 36.3 Å². The van der Waals surface area contributed by atoms with Crippen LogP contribution < -0.4 is 4.90 Å². The maximum atomic E-state index is 12.4. The van der Waals surface area contributed by atoms with Crippen LogP contribution in [0.15, 0.2) is 47.1 Å². The van der Waals surface area contributed by atoms with E-state index in [1.807, 2.05) is 23.1 Å². The number of benzene rings is 1. The quantitative estimate of drug-likeness (QED) is 0.740. The Hall–Kier alpha value is -2.38. The van der Waals surface area contributed by atoms with Crippen LogP contribution in [-0.4, -0.2) is 37.0 Å². The molecule has 116 valence electrons. The van der Waals surface area contributed by atoms with Crippen LogP contribution in [-0.2, 0) is 4.79 Å². The van der Waals surface area contributed by atoms with Crippen molar-refractivity contribution in [2.75, 3.05) is 25.0 Å². The van der Waals surface area contributed by atoms with Gasteiger partial charge in [0, 0.05) is 37.2 Å². The predicted molar refractivity (Wildman–Crippen MR) is 89.0 cm³/mol. The molecule has 2 unspecified atom stereocenters. The molecule has 0 bridgehead atoms. The highest BCUT2D eigenvalue weighted by Gasteiger charge is 2.47. The smallest absolute Gasteiger partial charge is 0.224 e. The topological polar surface area (TPSA) is 47.3 Å². The molecule has 0 radical (unpaired) electrons. The maximum absolute atomic E-state index is 12.4. The van der Waals surface area contributed by atoms with Gasteiger partial charge in [-0.05, 0) is 42.3 Å². The first-order valence-electron chi connectivity index (χ1n) is 8.02. The van der Waals surface area contributed by atoms with Crippen molar-refractivity contribution >= 4 is 11.6 Å². The highest BCUT2D eigenvalue weighted by atomic mass is 16.2. The van der Waals surface area contributed by atoms with E-state index in [1.54, 1.807) is 6.92 Å². The molecule has 0 saturated heterocycles. The van der Waals surface area contributed by atoms with Crippen LogP contribution in [0.5, 0.6) is 0 Å². The monoisotopic (exact) mass is 305 g/mol. The van der Waals surface area contributed by atoms with E-state index in [0.29, 0.717) is 0 Å². The zero-order chi connectivity index (χ0) is 16.1. The van der Waals surface area contributed by atoms with E-state index in [9.17, 15) is 10.1 Å². The Kier molecular flexibility index (Phi) is 3.14. The van der Waals surface area contributed by atoms with E-state index >= 15 is 0 Å². The first kappa shape index (κ1) is 14.2. The number of amides is 1. The van der Waals surface area contributed by atoms with Gasteiger partial charge in [0.2, 0.25) is 5.91 Å². The Labute approximate surface area is 136 Å². The van der Waals surface area contributed by atoms with Gasteiger partial charge in [-0.25, -0.2) is 0 Å². The average Bonchev–Trinajstić information content (AvgIpc) is 2.89. The van der Waals surface area contributed by atoms with Gasteiger partial charge in [-0.3, -0.25) is 4.79 Å². The molecular formula is C19H19N3O. The Morgan fingerprint density at radius 1 is 1.35 bits per heavy atom. The molecule has 1 aliphatic carbocycles. The molecule has 4 rings (SSSR count). The number of hydrogen-bond donors (Lipinski definition) is 0. The van der Waals surface area contributed by atoms with Gasteiger partial charge in [-0.1, -0.05) is 18.2 Å². The second-order valence-corrected chi connectivity index (χ2v) is 6.62. The van der Waals surface area contributed by atoms with Crippen LogP contribution in [0.2, 0.25) is 0 Å². The Balaban J connectivity index is 1.94. The third-order valence-corrected chi connectivity index (χ3v) is 5.23. The van der Waals surface area contributed by atoms with Crippen molar-refractivity contribution in [2.24, 2.45) is 0 Å². The van der Waals surface area contributed by atoms with E-state index in [-0.39, 0.29) is 17.9 Å². The Bertz CT molecular complexity index is 799. The molecule has 2 heterocycles. The van der Waals surface area contributed by atoms with Crippen LogP contribution in [0.1, 0.15) is 24.8 Å². The van der Waals surface area contributed by atoms with Crippen molar-refractivity contribution in [1.82, 2.24) is 4.90 Å². The van der Waals surface area contributed by atoms with Crippen LogP contribution in [0, 0.1) is 11.3 Å². The normalized spacial score (nSPS) is 26.1. The molecule has 1 aromatic rings. The largest absolute Gasteiger partial charge is 0.304 e. The number of carbonyl (C=O) groups is 1. The fourth-order valence-electron chi connectivity index (χ4n) is 4.30. The molecule has 23 heavy (non-hydrogen) atoms. The Morgan fingerprint density at radius 2 is 2.13 bits per heavy atom. The highest BCUT2D eigenvalue weighted by molar-refractivity contribution is 5.97. The predicted octanol–water partition coefficient (Wildman–Crippen LogP) is 2.60. The second-order valence-electron chi connectivity index (χ2n) is 6.62. The van der Waals surface area contributed by atoms with Crippen LogP contribution in [0.25, 0.3) is 0 Å². The summed E-state index contributed by atoms with van der Waals surface area (Å²) in [6.45, 7) is 3.48. The van der Waals surface area contributed by atoms with Gasteiger partial charge in [-0.2, -0.15) is 5.26 Å². The first-order chi connectivity index (χ1) is 11.1. The van der Waals surface area contributed by atoms with E-state index in [4.69, 9.17) is 0 Å². The number of fused-ring (bicyclic) bond motifs is 4. The van der Waals surface area contributed by atoms with Gasteiger partial charge in [-0.15, -0.1) is 0 Å². The number of hydrogen-bond acceptors (Lipinski definition) is 3. The standard InChI is InChI=1S/C19H19N3O/c1-12(23)22-17-6-4-3-5-16(17)18-13(10-20)9-14-11-21(2)8-7-15(14)19(18)22/h3-6,9,18-19H,7-8,11H2,1-2H3. The number of nitriles is 1. The van der Waals surface area contributed by atoms with E-state index in [1.165, 1.54) is 11.1 Å². The molecule has 3 aliphatic rings. The summed E-state index contributed by atoms with van der Waals surface area (Å²) in [5, 5.41) is 9.69. The molecule has 2 atom stereocenters. The van der Waals surface area contributed by atoms with Crippen LogP contribution in [0.4, 0.5) is 5.69 Å². The molecule has 2 aliphatic heterocycles. The van der Waals surface area contributed by atoms with Crippen molar-refractivity contribution < 1.29 is 4.79 Å². The van der Waals surface area contributed by atoms with Crippen LogP contribution in [0.3, 0.4) is 0 Å². The molecular weight excluding hydrogens is 286 g/mol. The molecule has 0 N–H and O–H groups in total. The van der Waals surface area contributed by atoms with Crippen LogP contribution >= 0.6 is 0 Å². The van der Waals surface area contributed by atoms with Crippen molar-refractivity contribution in [3.05, 3.63) is 52.6 Å².